The Morgan fingerprint density at radius 3 is 3.06 bits per heavy atom. The zero-order chi connectivity index (χ0) is 13.1. The van der Waals surface area contributed by atoms with Gasteiger partial charge in [0.2, 0.25) is 5.91 Å². The van der Waals surface area contributed by atoms with Crippen LogP contribution < -0.4 is 16.4 Å². The van der Waals surface area contributed by atoms with E-state index in [1.807, 2.05) is 0 Å². The third-order valence-electron chi connectivity index (χ3n) is 2.89. The normalized spacial score (nSPS) is 20.6. The summed E-state index contributed by atoms with van der Waals surface area (Å²) in [5, 5.41) is 8.46. The summed E-state index contributed by atoms with van der Waals surface area (Å²) in [7, 11) is 0. The number of nitrogens with two attached hydrogens (primary N) is 1. The second kappa shape index (κ2) is 5.45. The van der Waals surface area contributed by atoms with E-state index in [0.29, 0.717) is 5.69 Å². The molecule has 2 heterocycles. The Kier molecular flexibility index (Phi) is 3.93. The first-order valence-electron chi connectivity index (χ1n) is 5.87. The second-order valence-corrected chi connectivity index (χ2v) is 5.21. The molecule has 2 unspecified atom stereocenters. The Hall–Kier alpha value is -1.47. The van der Waals surface area contributed by atoms with Crippen LogP contribution in [0.4, 0.5) is 0 Å². The molecule has 2 atom stereocenters. The molecule has 1 fully saturated rings. The van der Waals surface area contributed by atoms with Gasteiger partial charge in [-0.05, 0) is 26.3 Å². The van der Waals surface area contributed by atoms with Crippen molar-refractivity contribution in [1.82, 2.24) is 15.6 Å². The number of hydrogen-bond acceptors (Lipinski definition) is 5. The average molecular weight is 268 g/mol. The second-order valence-electron chi connectivity index (χ2n) is 4.32. The zero-order valence-corrected chi connectivity index (χ0v) is 10.9. The monoisotopic (exact) mass is 268 g/mol. The van der Waals surface area contributed by atoms with Crippen LogP contribution in [0.3, 0.4) is 0 Å². The van der Waals surface area contributed by atoms with Gasteiger partial charge in [0.15, 0.2) is 0 Å². The van der Waals surface area contributed by atoms with Gasteiger partial charge in [-0.15, -0.1) is 11.3 Å². The maximum Gasteiger partial charge on any atom is 0.271 e. The Labute approximate surface area is 109 Å². The van der Waals surface area contributed by atoms with E-state index in [1.54, 1.807) is 12.3 Å². The van der Waals surface area contributed by atoms with E-state index in [0.717, 1.165) is 24.4 Å². The molecule has 4 N–H and O–H groups in total. The molecule has 98 valence electrons. The van der Waals surface area contributed by atoms with Crippen molar-refractivity contribution in [2.45, 2.75) is 31.8 Å². The van der Waals surface area contributed by atoms with Crippen LogP contribution in [0.15, 0.2) is 5.38 Å². The minimum Gasteiger partial charge on any atom is -0.368 e. The number of nitrogens with one attached hydrogen (secondary N) is 2. The van der Waals surface area contributed by atoms with Gasteiger partial charge in [-0.2, -0.15) is 0 Å². The molecule has 1 aromatic rings. The highest BCUT2D eigenvalue weighted by molar-refractivity contribution is 7.09. The molecule has 2 rings (SSSR count). The molecule has 0 aromatic carbocycles. The summed E-state index contributed by atoms with van der Waals surface area (Å²) in [5.41, 5.74) is 5.43. The first kappa shape index (κ1) is 13.0. The average Bonchev–Trinajstić information content (AvgIpc) is 2.99. The molecule has 1 saturated heterocycles. The highest BCUT2D eigenvalue weighted by Gasteiger charge is 2.22. The first-order valence-corrected chi connectivity index (χ1v) is 6.75. The maximum atomic E-state index is 11.8. The van der Waals surface area contributed by atoms with E-state index < -0.39 is 11.9 Å². The van der Waals surface area contributed by atoms with Gasteiger partial charge in [0.1, 0.15) is 16.7 Å². The van der Waals surface area contributed by atoms with Gasteiger partial charge in [-0.25, -0.2) is 4.98 Å². The molecule has 6 nitrogen and oxygen atoms in total. The molecular formula is C11H16N4O2S. The number of thiazole rings is 1. The summed E-state index contributed by atoms with van der Waals surface area (Å²) in [6.45, 7) is 2.54. The lowest BCUT2D eigenvalue weighted by molar-refractivity contribution is -0.119. The van der Waals surface area contributed by atoms with E-state index in [1.165, 1.54) is 11.3 Å². The first-order chi connectivity index (χ1) is 8.58. The predicted molar refractivity (Wildman–Crippen MR) is 68.2 cm³/mol. The number of primary amides is 1. The molecule has 18 heavy (non-hydrogen) atoms. The van der Waals surface area contributed by atoms with Crippen molar-refractivity contribution in [3.05, 3.63) is 16.1 Å². The third kappa shape index (κ3) is 2.85. The van der Waals surface area contributed by atoms with Crippen molar-refractivity contribution < 1.29 is 9.59 Å². The van der Waals surface area contributed by atoms with E-state index in [2.05, 4.69) is 15.6 Å². The Balaban J connectivity index is 2.00. The van der Waals surface area contributed by atoms with Crippen LogP contribution in [-0.4, -0.2) is 29.4 Å². The lowest BCUT2D eigenvalue weighted by Gasteiger charge is -2.08. The van der Waals surface area contributed by atoms with Crippen LogP contribution in [-0.2, 0) is 4.79 Å². The summed E-state index contributed by atoms with van der Waals surface area (Å²) >= 11 is 1.46. The van der Waals surface area contributed by atoms with Crippen molar-refractivity contribution in [3.63, 3.8) is 0 Å². The van der Waals surface area contributed by atoms with E-state index >= 15 is 0 Å². The summed E-state index contributed by atoms with van der Waals surface area (Å²) in [6.07, 6.45) is 2.18. The van der Waals surface area contributed by atoms with Crippen LogP contribution in [0.25, 0.3) is 0 Å². The Morgan fingerprint density at radius 1 is 1.67 bits per heavy atom. The van der Waals surface area contributed by atoms with Gasteiger partial charge in [-0.1, -0.05) is 0 Å². The molecule has 0 aliphatic carbocycles. The number of nitrogens with zero attached hydrogens (tertiary/aromatic N) is 1. The molecule has 1 aliphatic heterocycles. The topological polar surface area (TPSA) is 97.1 Å². The van der Waals surface area contributed by atoms with Crippen molar-refractivity contribution in [1.29, 1.82) is 0 Å². The minimum absolute atomic E-state index is 0.255. The van der Waals surface area contributed by atoms with Crippen molar-refractivity contribution in [2.75, 3.05) is 6.54 Å². The third-order valence-corrected chi connectivity index (χ3v) is 3.85. The van der Waals surface area contributed by atoms with Crippen molar-refractivity contribution >= 4 is 23.2 Å². The van der Waals surface area contributed by atoms with Gasteiger partial charge >= 0.3 is 0 Å². The van der Waals surface area contributed by atoms with Crippen molar-refractivity contribution in [3.8, 4) is 0 Å². The summed E-state index contributed by atoms with van der Waals surface area (Å²) in [6, 6.07) is -0.433. The lowest BCUT2D eigenvalue weighted by Crippen LogP contribution is -2.42. The fraction of sp³-hybridized carbons (Fsp3) is 0.545. The SMILES string of the molecule is CC(NC(=O)c1csc(C2CCCN2)n1)C(N)=O. The van der Waals surface area contributed by atoms with Gasteiger partial charge in [0, 0.05) is 5.38 Å². The molecule has 0 saturated carbocycles. The summed E-state index contributed by atoms with van der Waals surface area (Å²) in [4.78, 5) is 26.9. The standard InChI is InChI=1S/C11H16N4O2S/c1-6(9(12)16)14-10(17)8-5-18-11(15-8)7-3-2-4-13-7/h5-7,13H,2-4H2,1H3,(H2,12,16)(H,14,17). The fourth-order valence-corrected chi connectivity index (χ4v) is 2.70. The molecular weight excluding hydrogens is 252 g/mol. The lowest BCUT2D eigenvalue weighted by atomic mass is 10.2. The van der Waals surface area contributed by atoms with E-state index in [9.17, 15) is 9.59 Å². The number of amides is 2. The van der Waals surface area contributed by atoms with Gasteiger partial charge in [0.25, 0.3) is 5.91 Å². The molecule has 0 radical (unpaired) electrons. The molecule has 0 bridgehead atoms. The van der Waals surface area contributed by atoms with E-state index in [-0.39, 0.29) is 11.9 Å². The van der Waals surface area contributed by atoms with Gasteiger partial charge < -0.3 is 16.4 Å². The number of carbonyl (C=O) groups excluding carboxylic acids is 2. The number of aromatic nitrogens is 1. The van der Waals surface area contributed by atoms with Crippen LogP contribution in [0, 0.1) is 0 Å². The maximum absolute atomic E-state index is 11.8. The number of hydrogen-bond donors (Lipinski definition) is 3. The zero-order valence-electron chi connectivity index (χ0n) is 10.1. The molecule has 1 aliphatic rings. The fourth-order valence-electron chi connectivity index (χ4n) is 1.79. The van der Waals surface area contributed by atoms with Gasteiger partial charge in [0.05, 0.1) is 6.04 Å². The van der Waals surface area contributed by atoms with E-state index in [4.69, 9.17) is 5.73 Å². The predicted octanol–water partition coefficient (Wildman–Crippen LogP) is 0.171. The number of carbonyl (C=O) groups is 2. The molecule has 2 amide bonds. The highest BCUT2D eigenvalue weighted by Crippen LogP contribution is 2.25. The minimum atomic E-state index is -0.688. The van der Waals surface area contributed by atoms with Crippen LogP contribution in [0.2, 0.25) is 0 Å². The number of rotatable bonds is 4. The Bertz CT molecular complexity index is 454. The summed E-state index contributed by atoms with van der Waals surface area (Å²) < 4.78 is 0. The van der Waals surface area contributed by atoms with Gasteiger partial charge in [-0.3, -0.25) is 9.59 Å². The quantitative estimate of drug-likeness (QED) is 0.725. The highest BCUT2D eigenvalue weighted by atomic mass is 32.1. The molecule has 1 aromatic heterocycles. The van der Waals surface area contributed by atoms with Crippen LogP contribution >= 0.6 is 11.3 Å². The smallest absolute Gasteiger partial charge is 0.271 e. The largest absolute Gasteiger partial charge is 0.368 e. The molecule has 7 heteroatoms. The summed E-state index contributed by atoms with van der Waals surface area (Å²) in [5.74, 6) is -0.918. The van der Waals surface area contributed by atoms with Crippen molar-refractivity contribution in [2.24, 2.45) is 5.73 Å². The molecule has 0 spiro atoms. The van der Waals surface area contributed by atoms with Crippen LogP contribution in [0.1, 0.15) is 41.3 Å². The van der Waals surface area contributed by atoms with Crippen LogP contribution in [0.5, 0.6) is 0 Å². The Morgan fingerprint density at radius 2 is 2.44 bits per heavy atom.